The number of carbonyl (C=O) groups is 1. The minimum Gasteiger partial charge on any atom is -0.354 e. The minimum atomic E-state index is -3.95. The molecule has 0 aliphatic rings. The molecule has 0 spiro atoms. The van der Waals surface area contributed by atoms with Gasteiger partial charge in [0.25, 0.3) is 0 Å². The number of amides is 1. The largest absolute Gasteiger partial charge is 0.354 e. The van der Waals surface area contributed by atoms with Gasteiger partial charge in [0, 0.05) is 18.2 Å². The highest BCUT2D eigenvalue weighted by Gasteiger charge is 2.36. The standard InChI is InChI=1S/C20H22FN3O5S3/c1-2-9-31(26,27)18(19(25)23-8-10-32(22,28)29)20-24-16-12-15(21)14(11-17(16)30-20)13-6-4-3-5-7-13/h3-7,11-12,18H,2,8-10H2,1H3,(H,23,25)(H2,22,28,29). The normalized spacial score (nSPS) is 13.2. The Labute approximate surface area is 189 Å². The lowest BCUT2D eigenvalue weighted by atomic mass is 10.1. The van der Waals surface area contributed by atoms with E-state index in [-0.39, 0.29) is 29.2 Å². The number of halogens is 1. The minimum absolute atomic E-state index is 0.00818. The second-order valence-electron chi connectivity index (χ2n) is 7.12. The smallest absolute Gasteiger partial charge is 0.245 e. The Bertz CT molecular complexity index is 1340. The first kappa shape index (κ1) is 24.2. The molecule has 172 valence electrons. The average molecular weight is 500 g/mol. The van der Waals surface area contributed by atoms with Gasteiger partial charge in [0.05, 0.1) is 21.7 Å². The van der Waals surface area contributed by atoms with Crippen molar-refractivity contribution in [2.75, 3.05) is 18.1 Å². The Balaban J connectivity index is 2.02. The number of nitrogens with zero attached hydrogens (tertiary/aromatic N) is 1. The predicted molar refractivity (Wildman–Crippen MR) is 123 cm³/mol. The third-order valence-electron chi connectivity index (χ3n) is 4.57. The molecule has 2 aromatic carbocycles. The lowest BCUT2D eigenvalue weighted by Crippen LogP contribution is -2.38. The van der Waals surface area contributed by atoms with Crippen LogP contribution in [0.3, 0.4) is 0 Å². The summed E-state index contributed by atoms with van der Waals surface area (Å²) in [6.45, 7) is 1.32. The van der Waals surface area contributed by atoms with E-state index in [0.29, 0.717) is 15.8 Å². The molecule has 1 amide bonds. The Morgan fingerprint density at radius 2 is 1.84 bits per heavy atom. The summed E-state index contributed by atoms with van der Waals surface area (Å²) < 4.78 is 63.2. The highest BCUT2D eigenvalue weighted by atomic mass is 32.2. The fraction of sp³-hybridized carbons (Fsp3) is 0.300. The molecular weight excluding hydrogens is 477 g/mol. The number of primary sulfonamides is 1. The molecule has 0 aliphatic carbocycles. The van der Waals surface area contributed by atoms with Crippen LogP contribution in [-0.2, 0) is 24.7 Å². The maximum Gasteiger partial charge on any atom is 0.245 e. The molecule has 3 aromatic rings. The van der Waals surface area contributed by atoms with Crippen molar-refractivity contribution in [2.24, 2.45) is 5.14 Å². The Hall–Kier alpha value is -2.41. The van der Waals surface area contributed by atoms with E-state index in [4.69, 9.17) is 5.14 Å². The van der Waals surface area contributed by atoms with Crippen LogP contribution in [0.15, 0.2) is 42.5 Å². The van der Waals surface area contributed by atoms with Crippen molar-refractivity contribution in [1.82, 2.24) is 10.3 Å². The molecule has 0 bridgehead atoms. The summed E-state index contributed by atoms with van der Waals surface area (Å²) in [7, 11) is -7.78. The van der Waals surface area contributed by atoms with Crippen molar-refractivity contribution < 1.29 is 26.0 Å². The van der Waals surface area contributed by atoms with Gasteiger partial charge < -0.3 is 5.32 Å². The van der Waals surface area contributed by atoms with Gasteiger partial charge in [-0.05, 0) is 18.1 Å². The summed E-state index contributed by atoms with van der Waals surface area (Å²) in [5.74, 6) is -2.22. The van der Waals surface area contributed by atoms with Gasteiger partial charge in [0.15, 0.2) is 15.1 Å². The molecule has 1 heterocycles. The summed E-state index contributed by atoms with van der Waals surface area (Å²) in [4.78, 5) is 17.0. The van der Waals surface area contributed by atoms with Crippen molar-refractivity contribution in [3.63, 3.8) is 0 Å². The Kier molecular flexibility index (Phi) is 7.28. The second kappa shape index (κ2) is 9.61. The number of aromatic nitrogens is 1. The summed E-state index contributed by atoms with van der Waals surface area (Å²) >= 11 is 0.982. The number of sulfone groups is 1. The number of rotatable bonds is 9. The Morgan fingerprint density at radius 3 is 2.47 bits per heavy atom. The average Bonchev–Trinajstić information content (AvgIpc) is 3.08. The maximum absolute atomic E-state index is 14.7. The first-order valence-corrected chi connectivity index (χ1v) is 13.9. The van der Waals surface area contributed by atoms with Crippen LogP contribution in [-0.4, -0.2) is 45.8 Å². The fourth-order valence-corrected chi connectivity index (χ4v) is 6.67. The van der Waals surface area contributed by atoms with Gasteiger partial charge in [-0.25, -0.2) is 31.3 Å². The van der Waals surface area contributed by atoms with Crippen LogP contribution < -0.4 is 10.5 Å². The number of fused-ring (bicyclic) bond motifs is 1. The molecule has 0 saturated heterocycles. The van der Waals surface area contributed by atoms with Gasteiger partial charge >= 0.3 is 0 Å². The molecule has 3 rings (SSSR count). The summed E-state index contributed by atoms with van der Waals surface area (Å²) in [5.41, 5.74) is 1.22. The van der Waals surface area contributed by atoms with E-state index in [1.54, 1.807) is 37.3 Å². The number of hydrogen-bond donors (Lipinski definition) is 2. The van der Waals surface area contributed by atoms with E-state index in [9.17, 15) is 26.0 Å². The molecule has 8 nitrogen and oxygen atoms in total. The van der Waals surface area contributed by atoms with Crippen LogP contribution >= 0.6 is 11.3 Å². The highest BCUT2D eigenvalue weighted by Crippen LogP contribution is 2.35. The lowest BCUT2D eigenvalue weighted by Gasteiger charge is -2.15. The Morgan fingerprint density at radius 1 is 1.16 bits per heavy atom. The van der Waals surface area contributed by atoms with Gasteiger partial charge in [-0.1, -0.05) is 37.3 Å². The van der Waals surface area contributed by atoms with E-state index in [0.717, 1.165) is 11.3 Å². The molecule has 0 saturated carbocycles. The number of thiazole rings is 1. The van der Waals surface area contributed by atoms with E-state index in [2.05, 4.69) is 10.3 Å². The maximum atomic E-state index is 14.7. The van der Waals surface area contributed by atoms with Crippen LogP contribution in [0.2, 0.25) is 0 Å². The van der Waals surface area contributed by atoms with E-state index < -0.39 is 42.6 Å². The molecule has 1 aromatic heterocycles. The van der Waals surface area contributed by atoms with E-state index in [1.165, 1.54) is 6.07 Å². The zero-order chi connectivity index (χ0) is 23.5. The van der Waals surface area contributed by atoms with Crippen molar-refractivity contribution in [1.29, 1.82) is 0 Å². The highest BCUT2D eigenvalue weighted by molar-refractivity contribution is 7.92. The first-order valence-electron chi connectivity index (χ1n) is 9.67. The lowest BCUT2D eigenvalue weighted by molar-refractivity contribution is -0.120. The van der Waals surface area contributed by atoms with Crippen LogP contribution in [0.25, 0.3) is 21.3 Å². The molecule has 0 radical (unpaired) electrons. The van der Waals surface area contributed by atoms with Crippen molar-refractivity contribution in [3.8, 4) is 11.1 Å². The van der Waals surface area contributed by atoms with Crippen molar-refractivity contribution in [2.45, 2.75) is 18.6 Å². The van der Waals surface area contributed by atoms with Crippen LogP contribution in [0.1, 0.15) is 23.6 Å². The topological polar surface area (TPSA) is 136 Å². The number of nitrogens with one attached hydrogen (secondary N) is 1. The van der Waals surface area contributed by atoms with Gasteiger partial charge in [-0.2, -0.15) is 0 Å². The molecular formula is C20H22FN3O5S3. The third kappa shape index (κ3) is 5.68. The number of carbonyl (C=O) groups excluding carboxylic acids is 1. The van der Waals surface area contributed by atoms with Gasteiger partial charge in [-0.3, -0.25) is 4.79 Å². The predicted octanol–water partition coefficient (Wildman–Crippen LogP) is 2.37. The molecule has 0 aliphatic heterocycles. The first-order chi connectivity index (χ1) is 15.0. The fourth-order valence-electron chi connectivity index (χ4n) is 3.16. The third-order valence-corrected chi connectivity index (χ3v) is 8.71. The van der Waals surface area contributed by atoms with E-state index >= 15 is 0 Å². The van der Waals surface area contributed by atoms with Crippen molar-refractivity contribution >= 4 is 47.3 Å². The monoisotopic (exact) mass is 499 g/mol. The van der Waals surface area contributed by atoms with Crippen LogP contribution in [0.5, 0.6) is 0 Å². The number of hydrogen-bond acceptors (Lipinski definition) is 7. The second-order valence-corrected chi connectivity index (χ2v) is 12.1. The summed E-state index contributed by atoms with van der Waals surface area (Å²) in [6, 6.07) is 11.6. The quantitative estimate of drug-likeness (QED) is 0.464. The van der Waals surface area contributed by atoms with Crippen LogP contribution in [0.4, 0.5) is 4.39 Å². The SMILES string of the molecule is CCCS(=O)(=O)C(C(=O)NCCS(N)(=O)=O)c1nc2cc(F)c(-c3ccccc3)cc2s1. The molecule has 1 atom stereocenters. The van der Waals surface area contributed by atoms with Crippen molar-refractivity contribution in [3.05, 3.63) is 53.3 Å². The zero-order valence-electron chi connectivity index (χ0n) is 17.1. The van der Waals surface area contributed by atoms with Gasteiger partial charge in [0.1, 0.15) is 10.8 Å². The molecule has 1 unspecified atom stereocenters. The number of benzene rings is 2. The van der Waals surface area contributed by atoms with Crippen LogP contribution in [0, 0.1) is 5.82 Å². The molecule has 0 fully saturated rings. The number of nitrogens with two attached hydrogens (primary N) is 1. The van der Waals surface area contributed by atoms with E-state index in [1.807, 2.05) is 6.07 Å². The molecule has 3 N–H and O–H groups in total. The zero-order valence-corrected chi connectivity index (χ0v) is 19.6. The van der Waals surface area contributed by atoms with Gasteiger partial charge in [-0.15, -0.1) is 11.3 Å². The van der Waals surface area contributed by atoms with Gasteiger partial charge in [0.2, 0.25) is 15.9 Å². The number of sulfonamides is 1. The summed E-state index contributed by atoms with van der Waals surface area (Å²) in [6.07, 6.45) is 0.279. The molecule has 12 heteroatoms. The summed E-state index contributed by atoms with van der Waals surface area (Å²) in [5, 5.41) is 5.59. The molecule has 32 heavy (non-hydrogen) atoms.